The molecule has 1 aromatic carbocycles. The first-order valence-corrected chi connectivity index (χ1v) is 9.47. The summed E-state index contributed by atoms with van der Waals surface area (Å²) in [5, 5.41) is 8.37. The summed E-state index contributed by atoms with van der Waals surface area (Å²) in [5.74, 6) is 0.612. The highest BCUT2D eigenvalue weighted by atomic mass is 16.5. The summed E-state index contributed by atoms with van der Waals surface area (Å²) in [6.45, 7) is 5.20. The molecule has 7 heteroatoms. The van der Waals surface area contributed by atoms with Crippen LogP contribution in [0.4, 0.5) is 0 Å². The molecule has 0 bridgehead atoms. The molecule has 3 aromatic rings. The van der Waals surface area contributed by atoms with E-state index in [4.69, 9.17) is 4.74 Å². The second-order valence-corrected chi connectivity index (χ2v) is 7.10. The summed E-state index contributed by atoms with van der Waals surface area (Å²) in [6.07, 6.45) is 6.67. The van der Waals surface area contributed by atoms with Crippen LogP contribution in [0.3, 0.4) is 0 Å². The van der Waals surface area contributed by atoms with Crippen LogP contribution in [0.1, 0.15) is 34.3 Å². The molecule has 144 valence electrons. The summed E-state index contributed by atoms with van der Waals surface area (Å²) in [5.41, 5.74) is 3.31. The molecule has 1 fully saturated rings. The Morgan fingerprint density at radius 2 is 1.96 bits per heavy atom. The Hall–Kier alpha value is -3.22. The van der Waals surface area contributed by atoms with Crippen LogP contribution in [-0.2, 0) is 0 Å². The average molecular weight is 377 g/mol. The van der Waals surface area contributed by atoms with E-state index in [1.165, 1.54) is 4.80 Å². The van der Waals surface area contributed by atoms with Gasteiger partial charge >= 0.3 is 0 Å². The van der Waals surface area contributed by atoms with Crippen molar-refractivity contribution in [1.82, 2.24) is 24.9 Å². The van der Waals surface area contributed by atoms with Crippen molar-refractivity contribution in [2.24, 2.45) is 0 Å². The van der Waals surface area contributed by atoms with Crippen molar-refractivity contribution < 1.29 is 9.53 Å². The zero-order valence-corrected chi connectivity index (χ0v) is 16.1. The third kappa shape index (κ3) is 3.74. The van der Waals surface area contributed by atoms with E-state index < -0.39 is 0 Å². The van der Waals surface area contributed by atoms with Crippen molar-refractivity contribution in [3.05, 3.63) is 65.6 Å². The number of piperidine rings is 1. The molecule has 7 nitrogen and oxygen atoms in total. The number of rotatable bonds is 4. The number of carbonyl (C=O) groups excluding carboxylic acids is 1. The first-order valence-electron chi connectivity index (χ1n) is 9.47. The van der Waals surface area contributed by atoms with Gasteiger partial charge in [0.15, 0.2) is 0 Å². The van der Waals surface area contributed by atoms with E-state index in [1.54, 1.807) is 18.6 Å². The minimum Gasteiger partial charge on any atom is -0.472 e. The maximum absolute atomic E-state index is 13.3. The van der Waals surface area contributed by atoms with Crippen LogP contribution in [0.15, 0.2) is 48.9 Å². The minimum atomic E-state index is -0.0672. The van der Waals surface area contributed by atoms with Gasteiger partial charge in [-0.15, -0.1) is 0 Å². The van der Waals surface area contributed by atoms with Crippen molar-refractivity contribution in [2.75, 3.05) is 13.1 Å². The molecule has 1 saturated heterocycles. The summed E-state index contributed by atoms with van der Waals surface area (Å²) < 4.78 is 6.09. The van der Waals surface area contributed by atoms with Crippen molar-refractivity contribution in [2.45, 2.75) is 32.8 Å². The van der Waals surface area contributed by atoms with Gasteiger partial charge in [-0.25, -0.2) is 4.98 Å². The number of hydrogen-bond acceptors (Lipinski definition) is 5. The maximum atomic E-state index is 13.3. The zero-order chi connectivity index (χ0) is 19.5. The highest BCUT2D eigenvalue weighted by Gasteiger charge is 2.28. The summed E-state index contributed by atoms with van der Waals surface area (Å²) >= 11 is 0. The fraction of sp³-hybridized carbons (Fsp3) is 0.333. The van der Waals surface area contributed by atoms with Gasteiger partial charge in [0.05, 0.1) is 30.2 Å². The number of hydrogen-bond donors (Lipinski definition) is 0. The highest BCUT2D eigenvalue weighted by molar-refractivity contribution is 5.98. The summed E-state index contributed by atoms with van der Waals surface area (Å²) in [4.78, 5) is 21.0. The van der Waals surface area contributed by atoms with Gasteiger partial charge < -0.3 is 9.64 Å². The molecular weight excluding hydrogens is 354 g/mol. The van der Waals surface area contributed by atoms with E-state index >= 15 is 0 Å². The topological polar surface area (TPSA) is 73.1 Å². The van der Waals surface area contributed by atoms with E-state index in [0.29, 0.717) is 30.2 Å². The van der Waals surface area contributed by atoms with Gasteiger partial charge in [0.1, 0.15) is 6.10 Å². The molecule has 1 aliphatic heterocycles. The van der Waals surface area contributed by atoms with Crippen LogP contribution in [0.5, 0.6) is 5.88 Å². The molecule has 1 aliphatic rings. The van der Waals surface area contributed by atoms with Crippen LogP contribution in [-0.4, -0.2) is 50.0 Å². The highest BCUT2D eigenvalue weighted by Crippen LogP contribution is 2.23. The Labute approximate surface area is 164 Å². The van der Waals surface area contributed by atoms with Crippen LogP contribution in [0, 0.1) is 13.8 Å². The Morgan fingerprint density at radius 3 is 2.75 bits per heavy atom. The fourth-order valence-electron chi connectivity index (χ4n) is 3.48. The molecule has 4 rings (SSSR count). The lowest BCUT2D eigenvalue weighted by atomic mass is 10.0. The number of aryl methyl sites for hydroxylation is 2. The molecule has 3 heterocycles. The first-order chi connectivity index (χ1) is 13.6. The summed E-state index contributed by atoms with van der Waals surface area (Å²) in [6, 6.07) is 9.61. The molecule has 28 heavy (non-hydrogen) atoms. The molecule has 0 spiro atoms. The van der Waals surface area contributed by atoms with E-state index in [-0.39, 0.29) is 12.0 Å². The van der Waals surface area contributed by atoms with Gasteiger partial charge in [-0.1, -0.05) is 17.7 Å². The van der Waals surface area contributed by atoms with E-state index in [0.717, 1.165) is 24.0 Å². The Morgan fingerprint density at radius 1 is 1.14 bits per heavy atom. The van der Waals surface area contributed by atoms with E-state index in [1.807, 2.05) is 49.1 Å². The molecule has 0 radical (unpaired) electrons. The number of ether oxygens (including phenoxy) is 1. The molecular formula is C21H23N5O2. The number of nitrogens with zero attached hydrogens (tertiary/aromatic N) is 5. The number of likely N-dealkylation sites (tertiary alicyclic amines) is 1. The fourth-order valence-corrected chi connectivity index (χ4v) is 3.48. The number of benzene rings is 1. The predicted molar refractivity (Wildman–Crippen MR) is 105 cm³/mol. The van der Waals surface area contributed by atoms with Gasteiger partial charge in [0, 0.05) is 18.3 Å². The SMILES string of the molecule is Cc1ccc(-n2nccn2)c(C(=O)N2CCC[C@@H](Oc3ncccc3C)C2)c1. The lowest BCUT2D eigenvalue weighted by Crippen LogP contribution is -2.44. The number of carbonyl (C=O) groups is 1. The van der Waals surface area contributed by atoms with Gasteiger partial charge in [-0.2, -0.15) is 15.0 Å². The number of amides is 1. The normalized spacial score (nSPS) is 16.8. The second-order valence-electron chi connectivity index (χ2n) is 7.10. The third-order valence-electron chi connectivity index (χ3n) is 4.92. The largest absolute Gasteiger partial charge is 0.472 e. The van der Waals surface area contributed by atoms with Crippen molar-refractivity contribution in [3.63, 3.8) is 0 Å². The van der Waals surface area contributed by atoms with E-state index in [2.05, 4.69) is 15.2 Å². The first kappa shape index (κ1) is 18.2. The zero-order valence-electron chi connectivity index (χ0n) is 16.1. The predicted octanol–water partition coefficient (Wildman–Crippen LogP) is 2.96. The molecule has 1 amide bonds. The minimum absolute atomic E-state index is 0.0259. The number of pyridine rings is 1. The lowest BCUT2D eigenvalue weighted by molar-refractivity contribution is 0.0526. The van der Waals surface area contributed by atoms with Crippen LogP contribution >= 0.6 is 0 Å². The average Bonchev–Trinajstić information content (AvgIpc) is 3.24. The van der Waals surface area contributed by atoms with Crippen LogP contribution in [0.25, 0.3) is 5.69 Å². The van der Waals surface area contributed by atoms with Gasteiger partial charge in [-0.05, 0) is 44.9 Å². The van der Waals surface area contributed by atoms with Gasteiger partial charge in [0.2, 0.25) is 5.88 Å². The Balaban J connectivity index is 1.55. The van der Waals surface area contributed by atoms with E-state index in [9.17, 15) is 4.79 Å². The monoisotopic (exact) mass is 377 g/mol. The lowest BCUT2D eigenvalue weighted by Gasteiger charge is -2.33. The third-order valence-corrected chi connectivity index (χ3v) is 4.92. The molecule has 2 aromatic heterocycles. The molecule has 0 unspecified atom stereocenters. The summed E-state index contributed by atoms with van der Waals surface area (Å²) in [7, 11) is 0. The maximum Gasteiger partial charge on any atom is 0.256 e. The number of aromatic nitrogens is 4. The Kier molecular flexibility index (Phi) is 5.06. The van der Waals surface area contributed by atoms with Crippen molar-refractivity contribution in [1.29, 1.82) is 0 Å². The standard InChI is InChI=1S/C21H23N5O2/c1-15-7-8-19(26-23-10-11-24-26)18(13-15)21(27)25-12-4-6-17(14-25)28-20-16(2)5-3-9-22-20/h3,5,7-11,13,17H,4,6,12,14H2,1-2H3/t17-/m1/s1. The van der Waals surface area contributed by atoms with Crippen LogP contribution < -0.4 is 4.74 Å². The molecule has 0 aliphatic carbocycles. The van der Waals surface area contributed by atoms with Crippen molar-refractivity contribution >= 4 is 5.91 Å². The van der Waals surface area contributed by atoms with Crippen LogP contribution in [0.2, 0.25) is 0 Å². The Bertz CT molecular complexity index is 971. The second kappa shape index (κ2) is 7.80. The molecule has 0 saturated carbocycles. The molecule has 0 N–H and O–H groups in total. The smallest absolute Gasteiger partial charge is 0.256 e. The van der Waals surface area contributed by atoms with Gasteiger partial charge in [0.25, 0.3) is 5.91 Å². The van der Waals surface area contributed by atoms with Crippen molar-refractivity contribution in [3.8, 4) is 11.6 Å². The van der Waals surface area contributed by atoms with Gasteiger partial charge in [-0.3, -0.25) is 4.79 Å². The molecule has 1 atom stereocenters. The quantitative estimate of drug-likeness (QED) is 0.699.